The molecule has 0 unspecified atom stereocenters. The molecule has 2 aromatic rings. The van der Waals surface area contributed by atoms with Crippen LogP contribution < -0.4 is 9.47 Å². The summed E-state index contributed by atoms with van der Waals surface area (Å²) < 4.78 is 17.8. The van der Waals surface area contributed by atoms with Gasteiger partial charge in [-0.25, -0.2) is 0 Å². The van der Waals surface area contributed by atoms with E-state index in [1.165, 1.54) is 11.1 Å². The molecule has 2 aliphatic rings. The molecule has 0 N–H and O–H groups in total. The van der Waals surface area contributed by atoms with E-state index in [2.05, 4.69) is 36.9 Å². The molecule has 35 heavy (non-hydrogen) atoms. The number of esters is 1. The third-order valence-electron chi connectivity index (χ3n) is 7.05. The quantitative estimate of drug-likeness (QED) is 0.407. The van der Waals surface area contributed by atoms with Gasteiger partial charge in [0.15, 0.2) is 0 Å². The summed E-state index contributed by atoms with van der Waals surface area (Å²) in [5, 5.41) is 0.742. The van der Waals surface area contributed by atoms with Gasteiger partial charge < -0.3 is 19.1 Å². The molecule has 190 valence electrons. The molecule has 0 atom stereocenters. The molecule has 2 heterocycles. The van der Waals surface area contributed by atoms with Crippen molar-refractivity contribution in [3.05, 3.63) is 58.1 Å². The van der Waals surface area contributed by atoms with Gasteiger partial charge in [0.1, 0.15) is 23.7 Å². The lowest BCUT2D eigenvalue weighted by Crippen LogP contribution is -2.44. The number of ether oxygens (including phenoxy) is 3. The van der Waals surface area contributed by atoms with Crippen LogP contribution in [0.1, 0.15) is 76.5 Å². The number of piperidine rings is 1. The minimum absolute atomic E-state index is 0.0455. The first-order valence-corrected chi connectivity index (χ1v) is 13.1. The van der Waals surface area contributed by atoms with Crippen LogP contribution in [0.5, 0.6) is 11.5 Å². The summed E-state index contributed by atoms with van der Waals surface area (Å²) in [6.07, 6.45) is 2.47. The molecular weight excluding hydrogens is 462 g/mol. The Morgan fingerprint density at radius 1 is 1.17 bits per heavy atom. The van der Waals surface area contributed by atoms with Crippen molar-refractivity contribution in [2.45, 2.75) is 77.4 Å². The van der Waals surface area contributed by atoms with Gasteiger partial charge in [-0.2, -0.15) is 0 Å². The van der Waals surface area contributed by atoms with E-state index in [1.807, 2.05) is 39.0 Å². The molecule has 0 radical (unpaired) electrons. The lowest BCUT2D eigenvalue weighted by molar-refractivity contribution is -0.155. The molecular formula is C29H38ClNO4. The number of halogens is 1. The monoisotopic (exact) mass is 499 g/mol. The van der Waals surface area contributed by atoms with Gasteiger partial charge in [0.05, 0.1) is 13.0 Å². The average molecular weight is 500 g/mol. The van der Waals surface area contributed by atoms with Crippen molar-refractivity contribution in [2.24, 2.45) is 0 Å². The highest BCUT2D eigenvalue weighted by Crippen LogP contribution is 2.46. The van der Waals surface area contributed by atoms with Gasteiger partial charge in [0.2, 0.25) is 0 Å². The van der Waals surface area contributed by atoms with E-state index < -0.39 is 5.60 Å². The number of rotatable bonds is 7. The molecule has 1 fully saturated rings. The summed E-state index contributed by atoms with van der Waals surface area (Å²) in [5.41, 5.74) is 3.15. The Kier molecular flexibility index (Phi) is 7.68. The largest absolute Gasteiger partial charge is 0.492 e. The number of likely N-dealkylation sites (tertiary alicyclic amines) is 1. The molecule has 0 aliphatic carbocycles. The SMILES string of the molecule is CC(C)c1cccc(Cl)c1COc1ccc2c(c1)OCC21CCN(CCC(=O)OC(C)(C)C)CC1. The van der Waals surface area contributed by atoms with Gasteiger partial charge in [0, 0.05) is 34.2 Å². The molecule has 6 heteroatoms. The smallest absolute Gasteiger partial charge is 0.307 e. The van der Waals surface area contributed by atoms with E-state index in [0.717, 1.165) is 54.6 Å². The van der Waals surface area contributed by atoms with Gasteiger partial charge in [-0.3, -0.25) is 4.79 Å². The summed E-state index contributed by atoms with van der Waals surface area (Å²) in [7, 11) is 0. The van der Waals surface area contributed by atoms with Crippen LogP contribution in [0.15, 0.2) is 36.4 Å². The number of carbonyl (C=O) groups is 1. The Morgan fingerprint density at radius 2 is 1.91 bits per heavy atom. The van der Waals surface area contributed by atoms with Gasteiger partial charge in [-0.15, -0.1) is 0 Å². The lowest BCUT2D eigenvalue weighted by Gasteiger charge is -2.38. The maximum atomic E-state index is 12.1. The van der Waals surface area contributed by atoms with Crippen molar-refractivity contribution in [2.75, 3.05) is 26.2 Å². The van der Waals surface area contributed by atoms with Crippen LogP contribution in [0.4, 0.5) is 0 Å². The Bertz CT molecular complexity index is 1050. The summed E-state index contributed by atoms with van der Waals surface area (Å²) in [6.45, 7) is 13.8. The van der Waals surface area contributed by atoms with Crippen molar-refractivity contribution in [3.8, 4) is 11.5 Å². The molecule has 0 bridgehead atoms. The zero-order valence-electron chi connectivity index (χ0n) is 21.7. The van der Waals surface area contributed by atoms with E-state index in [-0.39, 0.29) is 11.4 Å². The van der Waals surface area contributed by atoms with Gasteiger partial charge >= 0.3 is 5.97 Å². The highest BCUT2D eigenvalue weighted by Gasteiger charge is 2.43. The van der Waals surface area contributed by atoms with Crippen molar-refractivity contribution >= 4 is 17.6 Å². The Hall–Kier alpha value is -2.24. The van der Waals surface area contributed by atoms with Crippen LogP contribution in [0.3, 0.4) is 0 Å². The molecule has 5 nitrogen and oxygen atoms in total. The molecule has 2 aromatic carbocycles. The molecule has 2 aliphatic heterocycles. The normalized spacial score (nSPS) is 17.3. The molecule has 0 saturated carbocycles. The number of carbonyl (C=O) groups excluding carboxylic acids is 1. The highest BCUT2D eigenvalue weighted by molar-refractivity contribution is 6.31. The first-order valence-electron chi connectivity index (χ1n) is 12.7. The van der Waals surface area contributed by atoms with Crippen LogP contribution in [-0.2, 0) is 21.6 Å². The zero-order valence-corrected chi connectivity index (χ0v) is 22.4. The second kappa shape index (κ2) is 10.4. The van der Waals surface area contributed by atoms with E-state index >= 15 is 0 Å². The van der Waals surface area contributed by atoms with Crippen molar-refractivity contribution in [1.29, 1.82) is 0 Å². The van der Waals surface area contributed by atoms with Crippen LogP contribution >= 0.6 is 11.6 Å². The fraction of sp³-hybridized carbons (Fsp3) is 0.552. The first kappa shape index (κ1) is 25.8. The molecule has 1 saturated heterocycles. The summed E-state index contributed by atoms with van der Waals surface area (Å²) in [6, 6.07) is 12.3. The Labute approximate surface area is 214 Å². The van der Waals surface area contributed by atoms with Crippen molar-refractivity contribution in [3.63, 3.8) is 0 Å². The third-order valence-corrected chi connectivity index (χ3v) is 7.41. The molecule has 0 aromatic heterocycles. The van der Waals surface area contributed by atoms with Gasteiger partial charge in [0.25, 0.3) is 0 Å². The number of hydrogen-bond donors (Lipinski definition) is 0. The predicted molar refractivity (Wildman–Crippen MR) is 140 cm³/mol. The van der Waals surface area contributed by atoms with E-state index in [9.17, 15) is 4.79 Å². The number of fused-ring (bicyclic) bond motifs is 2. The van der Waals surface area contributed by atoms with Crippen LogP contribution in [0, 0.1) is 0 Å². The van der Waals surface area contributed by atoms with Crippen molar-refractivity contribution in [1.82, 2.24) is 4.90 Å². The maximum absolute atomic E-state index is 12.1. The summed E-state index contributed by atoms with van der Waals surface area (Å²) >= 11 is 6.48. The third kappa shape index (κ3) is 6.13. The van der Waals surface area contributed by atoms with Crippen LogP contribution in [0.25, 0.3) is 0 Å². The first-order chi connectivity index (χ1) is 16.6. The minimum atomic E-state index is -0.430. The molecule has 1 spiro atoms. The average Bonchev–Trinajstić information content (AvgIpc) is 3.14. The summed E-state index contributed by atoms with van der Waals surface area (Å²) in [4.78, 5) is 14.4. The highest BCUT2D eigenvalue weighted by atomic mass is 35.5. The lowest BCUT2D eigenvalue weighted by atomic mass is 9.74. The summed E-state index contributed by atoms with van der Waals surface area (Å²) in [5.74, 6) is 1.97. The standard InChI is InChI=1S/C29H38ClNO4/c1-20(2)22-7-6-8-25(30)23(22)18-33-21-9-10-24-26(17-21)34-19-29(24)12-15-31(16-13-29)14-11-27(32)35-28(3,4)5/h6-10,17,20H,11-16,18-19H2,1-5H3. The molecule has 0 amide bonds. The predicted octanol–water partition coefficient (Wildman–Crippen LogP) is 6.50. The van der Waals surface area contributed by atoms with Crippen LogP contribution in [0.2, 0.25) is 5.02 Å². The van der Waals surface area contributed by atoms with Crippen molar-refractivity contribution < 1.29 is 19.0 Å². The molecule has 4 rings (SSSR count). The Balaban J connectivity index is 1.35. The Morgan fingerprint density at radius 3 is 2.60 bits per heavy atom. The maximum Gasteiger partial charge on any atom is 0.307 e. The second-order valence-corrected chi connectivity index (χ2v) is 11.6. The van der Waals surface area contributed by atoms with Crippen LogP contribution in [-0.4, -0.2) is 42.7 Å². The second-order valence-electron chi connectivity index (χ2n) is 11.2. The van der Waals surface area contributed by atoms with Gasteiger partial charge in [-0.1, -0.05) is 43.6 Å². The fourth-order valence-electron chi connectivity index (χ4n) is 5.13. The number of benzene rings is 2. The minimum Gasteiger partial charge on any atom is -0.492 e. The van der Waals surface area contributed by atoms with E-state index in [0.29, 0.717) is 25.6 Å². The zero-order chi connectivity index (χ0) is 25.2. The van der Waals surface area contributed by atoms with E-state index in [1.54, 1.807) is 0 Å². The number of hydrogen-bond acceptors (Lipinski definition) is 5. The topological polar surface area (TPSA) is 48.0 Å². The van der Waals surface area contributed by atoms with E-state index in [4.69, 9.17) is 25.8 Å². The van der Waals surface area contributed by atoms with Gasteiger partial charge in [-0.05, 0) is 70.3 Å². The fourth-order valence-corrected chi connectivity index (χ4v) is 5.36. The number of nitrogens with zero attached hydrogens (tertiary/aromatic N) is 1.